The summed E-state index contributed by atoms with van der Waals surface area (Å²) in [5.74, 6) is 0. The number of nitrogens with zero attached hydrogens (tertiary/aromatic N) is 1. The van der Waals surface area contributed by atoms with Crippen LogP contribution in [-0.4, -0.2) is 36.6 Å². The molecular weight excluding hydrogens is 210 g/mol. The Morgan fingerprint density at radius 3 is 2.29 bits per heavy atom. The van der Waals surface area contributed by atoms with Crippen molar-refractivity contribution >= 4 is 0 Å². The summed E-state index contributed by atoms with van der Waals surface area (Å²) in [7, 11) is 0. The summed E-state index contributed by atoms with van der Waals surface area (Å²) < 4.78 is 0. The molecule has 0 aliphatic carbocycles. The Kier molecular flexibility index (Phi) is 9.79. The minimum Gasteiger partial charge on any atom is -0.344 e. The van der Waals surface area contributed by atoms with Gasteiger partial charge in [-0.25, -0.2) is 0 Å². The van der Waals surface area contributed by atoms with Crippen LogP contribution in [0.4, 0.5) is 0 Å². The minimum atomic E-state index is 0. The molecule has 104 valence electrons. The number of hydrogen-bond acceptors (Lipinski definition) is 3. The molecule has 0 aromatic rings. The van der Waals surface area contributed by atoms with Crippen molar-refractivity contribution in [2.45, 2.75) is 71.4 Å². The van der Waals surface area contributed by atoms with Gasteiger partial charge in [0.2, 0.25) is 0 Å². The van der Waals surface area contributed by atoms with E-state index in [0.717, 1.165) is 12.1 Å². The predicted molar refractivity (Wildman–Crippen MR) is 76.9 cm³/mol. The van der Waals surface area contributed by atoms with Gasteiger partial charge in [0, 0.05) is 25.2 Å². The fraction of sp³-hybridized carbons (Fsp3) is 1.00. The van der Waals surface area contributed by atoms with E-state index in [0.29, 0.717) is 0 Å². The highest BCUT2D eigenvalue weighted by atomic mass is 15.2. The first-order valence-corrected chi connectivity index (χ1v) is 7.29. The highest BCUT2D eigenvalue weighted by Gasteiger charge is 2.25. The summed E-state index contributed by atoms with van der Waals surface area (Å²) in [4.78, 5) is 2.69. The molecule has 1 rings (SSSR count). The van der Waals surface area contributed by atoms with Gasteiger partial charge >= 0.3 is 0 Å². The Balaban J connectivity index is 0.00000256. The quantitative estimate of drug-likeness (QED) is 0.722. The molecule has 0 bridgehead atoms. The van der Waals surface area contributed by atoms with Gasteiger partial charge in [-0.2, -0.15) is 0 Å². The maximum Gasteiger partial charge on any atom is 0.0221 e. The lowest BCUT2D eigenvalue weighted by atomic mass is 10.0. The van der Waals surface area contributed by atoms with E-state index in [4.69, 9.17) is 0 Å². The van der Waals surface area contributed by atoms with Crippen molar-refractivity contribution in [3.8, 4) is 0 Å². The van der Waals surface area contributed by atoms with Crippen molar-refractivity contribution in [1.82, 2.24) is 16.4 Å². The molecular formula is C14H33N3. The lowest BCUT2D eigenvalue weighted by Crippen LogP contribution is -2.56. The van der Waals surface area contributed by atoms with Gasteiger partial charge in [-0.15, -0.1) is 0 Å². The van der Waals surface area contributed by atoms with Crippen LogP contribution < -0.4 is 11.5 Å². The van der Waals surface area contributed by atoms with E-state index in [2.05, 4.69) is 31.0 Å². The maximum atomic E-state index is 3.74. The number of unbranched alkanes of at least 4 members (excludes halogenated alkanes) is 2. The van der Waals surface area contributed by atoms with Crippen molar-refractivity contribution in [3.63, 3.8) is 0 Å². The van der Waals surface area contributed by atoms with Gasteiger partial charge in [-0.05, 0) is 19.4 Å². The van der Waals surface area contributed by atoms with Crippen LogP contribution in [0.25, 0.3) is 0 Å². The molecule has 0 spiro atoms. The zero-order chi connectivity index (χ0) is 11.8. The van der Waals surface area contributed by atoms with E-state index in [-0.39, 0.29) is 6.15 Å². The summed E-state index contributed by atoms with van der Waals surface area (Å²) in [5.41, 5.74) is 0. The van der Waals surface area contributed by atoms with Crippen molar-refractivity contribution in [2.24, 2.45) is 0 Å². The van der Waals surface area contributed by atoms with Gasteiger partial charge < -0.3 is 11.5 Å². The van der Waals surface area contributed by atoms with Crippen LogP contribution in [0.3, 0.4) is 0 Å². The predicted octanol–water partition coefficient (Wildman–Crippen LogP) is 3.19. The summed E-state index contributed by atoms with van der Waals surface area (Å²) in [5, 5.41) is 3.74. The van der Waals surface area contributed by atoms with Gasteiger partial charge in [-0.1, -0.05) is 46.5 Å². The molecule has 0 amide bonds. The summed E-state index contributed by atoms with van der Waals surface area (Å²) in [6, 6.07) is 1.54. The molecule has 17 heavy (non-hydrogen) atoms. The normalized spacial score (nSPS) is 25.6. The van der Waals surface area contributed by atoms with Gasteiger partial charge in [0.05, 0.1) is 0 Å². The molecule has 2 atom stereocenters. The van der Waals surface area contributed by atoms with Crippen molar-refractivity contribution in [2.75, 3.05) is 19.6 Å². The average molecular weight is 243 g/mol. The molecule has 1 aliphatic heterocycles. The Bertz CT molecular complexity index is 173. The number of rotatable bonds is 7. The molecule has 3 heteroatoms. The smallest absolute Gasteiger partial charge is 0.0221 e. The highest BCUT2D eigenvalue weighted by molar-refractivity contribution is 4.85. The molecule has 1 heterocycles. The lowest BCUT2D eigenvalue weighted by molar-refractivity contribution is 0.124. The van der Waals surface area contributed by atoms with E-state index < -0.39 is 0 Å². The van der Waals surface area contributed by atoms with Crippen molar-refractivity contribution in [1.29, 1.82) is 0 Å². The first-order chi connectivity index (χ1) is 7.81. The second kappa shape index (κ2) is 9.86. The van der Waals surface area contributed by atoms with Gasteiger partial charge in [0.15, 0.2) is 0 Å². The number of hydrogen-bond donors (Lipinski definition) is 2. The molecule has 4 N–H and O–H groups in total. The lowest BCUT2D eigenvalue weighted by Gasteiger charge is -2.40. The molecule has 2 unspecified atom stereocenters. The van der Waals surface area contributed by atoms with Crippen LogP contribution >= 0.6 is 0 Å². The molecule has 0 aromatic heterocycles. The van der Waals surface area contributed by atoms with Gasteiger partial charge in [-0.3, -0.25) is 4.90 Å². The summed E-state index contributed by atoms with van der Waals surface area (Å²) >= 11 is 0. The second-order valence-corrected chi connectivity index (χ2v) is 5.13. The number of likely N-dealkylation sites (N-methyl/N-ethyl adjacent to an activating group) is 1. The maximum absolute atomic E-state index is 3.74. The Morgan fingerprint density at radius 2 is 1.71 bits per heavy atom. The van der Waals surface area contributed by atoms with Crippen molar-refractivity contribution < 1.29 is 0 Å². The topological polar surface area (TPSA) is 50.3 Å². The first kappa shape index (κ1) is 16.9. The van der Waals surface area contributed by atoms with E-state index in [9.17, 15) is 0 Å². The van der Waals surface area contributed by atoms with Gasteiger partial charge in [0.1, 0.15) is 0 Å². The van der Waals surface area contributed by atoms with Crippen molar-refractivity contribution in [3.05, 3.63) is 0 Å². The third kappa shape index (κ3) is 5.84. The monoisotopic (exact) mass is 243 g/mol. The van der Waals surface area contributed by atoms with E-state index in [1.807, 2.05) is 0 Å². The third-order valence-corrected chi connectivity index (χ3v) is 3.82. The Hall–Kier alpha value is -0.120. The van der Waals surface area contributed by atoms with E-state index >= 15 is 0 Å². The minimum absolute atomic E-state index is 0. The zero-order valence-electron chi connectivity index (χ0n) is 12.2. The largest absolute Gasteiger partial charge is 0.344 e. The zero-order valence-corrected chi connectivity index (χ0v) is 12.2. The number of piperazine rings is 1. The fourth-order valence-corrected chi connectivity index (χ4v) is 2.68. The average Bonchev–Trinajstić information content (AvgIpc) is 2.34. The fourth-order valence-electron chi connectivity index (χ4n) is 2.68. The SMILES string of the molecule is CCCCC1CN(CC)C(CCCC)CN1.N. The summed E-state index contributed by atoms with van der Waals surface area (Å²) in [6.45, 7) is 10.6. The Morgan fingerprint density at radius 1 is 1.06 bits per heavy atom. The molecule has 1 fully saturated rings. The third-order valence-electron chi connectivity index (χ3n) is 3.82. The van der Waals surface area contributed by atoms with E-state index in [1.165, 1.54) is 58.2 Å². The molecule has 0 radical (unpaired) electrons. The molecule has 0 saturated carbocycles. The van der Waals surface area contributed by atoms with Crippen LogP contribution in [0.5, 0.6) is 0 Å². The second-order valence-electron chi connectivity index (χ2n) is 5.13. The molecule has 0 aromatic carbocycles. The van der Waals surface area contributed by atoms with Crippen LogP contribution in [0.1, 0.15) is 59.3 Å². The summed E-state index contributed by atoms with van der Waals surface area (Å²) in [6.07, 6.45) is 8.12. The highest BCUT2D eigenvalue weighted by Crippen LogP contribution is 2.15. The Labute approximate surface area is 108 Å². The van der Waals surface area contributed by atoms with Crippen LogP contribution in [0.2, 0.25) is 0 Å². The molecule has 1 aliphatic rings. The van der Waals surface area contributed by atoms with E-state index in [1.54, 1.807) is 0 Å². The van der Waals surface area contributed by atoms with Crippen LogP contribution in [0.15, 0.2) is 0 Å². The number of nitrogens with one attached hydrogen (secondary N) is 1. The standard InChI is InChI=1S/C14H30N2.H3N/c1-4-7-9-13-12-16(6-3)14(11-15-13)10-8-5-2;/h13-15H,4-12H2,1-3H3;1H3. The first-order valence-electron chi connectivity index (χ1n) is 7.29. The molecule has 3 nitrogen and oxygen atoms in total. The van der Waals surface area contributed by atoms with Crippen LogP contribution in [-0.2, 0) is 0 Å². The van der Waals surface area contributed by atoms with Gasteiger partial charge in [0.25, 0.3) is 0 Å². The van der Waals surface area contributed by atoms with Crippen LogP contribution in [0, 0.1) is 0 Å². The molecule has 1 saturated heterocycles.